The second kappa shape index (κ2) is 7.17. The summed E-state index contributed by atoms with van der Waals surface area (Å²) in [6.45, 7) is 4.96. The Morgan fingerprint density at radius 2 is 2.00 bits per heavy atom. The molecular formula is C8H20N2O3S. The number of hydrogen-bond acceptors (Lipinski definition) is 3. The summed E-state index contributed by atoms with van der Waals surface area (Å²) in [6, 6.07) is 0. The summed E-state index contributed by atoms with van der Waals surface area (Å²) in [4.78, 5) is 0. The Balaban J connectivity index is 4.19. The van der Waals surface area contributed by atoms with E-state index in [1.54, 1.807) is 6.92 Å². The van der Waals surface area contributed by atoms with Gasteiger partial charge < -0.3 is 5.11 Å². The van der Waals surface area contributed by atoms with Gasteiger partial charge in [0, 0.05) is 26.2 Å². The molecule has 0 amide bonds. The Morgan fingerprint density at radius 1 is 1.36 bits per heavy atom. The molecule has 0 spiro atoms. The maximum atomic E-state index is 11.6. The van der Waals surface area contributed by atoms with Gasteiger partial charge in [0.05, 0.1) is 0 Å². The van der Waals surface area contributed by atoms with Crippen molar-refractivity contribution in [2.24, 2.45) is 0 Å². The second-order valence-electron chi connectivity index (χ2n) is 2.97. The molecule has 2 N–H and O–H groups in total. The molecular weight excluding hydrogens is 204 g/mol. The van der Waals surface area contributed by atoms with Crippen LogP contribution in [0.5, 0.6) is 0 Å². The minimum absolute atomic E-state index is 0.0137. The van der Waals surface area contributed by atoms with Crippen LogP contribution >= 0.6 is 0 Å². The molecule has 0 unspecified atom stereocenters. The number of rotatable bonds is 8. The average molecular weight is 224 g/mol. The highest BCUT2D eigenvalue weighted by atomic mass is 32.2. The first-order valence-corrected chi connectivity index (χ1v) is 6.38. The van der Waals surface area contributed by atoms with E-state index >= 15 is 0 Å². The molecule has 0 aliphatic carbocycles. The summed E-state index contributed by atoms with van der Waals surface area (Å²) in [6.07, 6.45) is 1.25. The smallest absolute Gasteiger partial charge is 0.279 e. The first-order chi connectivity index (χ1) is 6.58. The zero-order valence-corrected chi connectivity index (χ0v) is 9.68. The van der Waals surface area contributed by atoms with Gasteiger partial charge in [0.1, 0.15) is 0 Å². The predicted molar refractivity (Wildman–Crippen MR) is 56.2 cm³/mol. The van der Waals surface area contributed by atoms with Crippen LogP contribution in [0.3, 0.4) is 0 Å². The molecule has 0 saturated heterocycles. The van der Waals surface area contributed by atoms with Gasteiger partial charge in [0.2, 0.25) is 0 Å². The number of aliphatic hydroxyl groups is 1. The predicted octanol–water partition coefficient (Wildman–Crippen LogP) is -0.0649. The highest BCUT2D eigenvalue weighted by Crippen LogP contribution is 1.98. The van der Waals surface area contributed by atoms with Crippen LogP contribution in [0.2, 0.25) is 0 Å². The number of nitrogens with one attached hydrogen (secondary N) is 1. The van der Waals surface area contributed by atoms with Crippen LogP contribution in [0.1, 0.15) is 26.7 Å². The molecule has 0 aliphatic heterocycles. The SMILES string of the molecule is CCCNS(=O)(=O)N(CC)CCCO. The van der Waals surface area contributed by atoms with E-state index in [1.165, 1.54) is 4.31 Å². The summed E-state index contributed by atoms with van der Waals surface area (Å²) in [7, 11) is -3.33. The topological polar surface area (TPSA) is 69.6 Å². The Bertz CT molecular complexity index is 229. The first kappa shape index (κ1) is 13.8. The lowest BCUT2D eigenvalue weighted by Gasteiger charge is -2.19. The fourth-order valence-corrected chi connectivity index (χ4v) is 2.37. The van der Waals surface area contributed by atoms with Gasteiger partial charge in [-0.2, -0.15) is 12.7 Å². The summed E-state index contributed by atoms with van der Waals surface area (Å²) in [5.74, 6) is 0. The van der Waals surface area contributed by atoms with E-state index in [0.717, 1.165) is 6.42 Å². The molecule has 0 radical (unpaired) electrons. The molecule has 6 heteroatoms. The summed E-state index contributed by atoms with van der Waals surface area (Å²) < 4.78 is 26.9. The van der Waals surface area contributed by atoms with Crippen LogP contribution in [-0.2, 0) is 10.2 Å². The molecule has 86 valence electrons. The van der Waals surface area contributed by atoms with Gasteiger partial charge in [-0.15, -0.1) is 0 Å². The van der Waals surface area contributed by atoms with Gasteiger partial charge in [0.25, 0.3) is 10.2 Å². The van der Waals surface area contributed by atoms with Gasteiger partial charge in [0.15, 0.2) is 0 Å². The number of hydrogen-bond donors (Lipinski definition) is 2. The minimum Gasteiger partial charge on any atom is -0.396 e. The van der Waals surface area contributed by atoms with Crippen molar-refractivity contribution in [3.8, 4) is 0 Å². The zero-order valence-electron chi connectivity index (χ0n) is 8.86. The van der Waals surface area contributed by atoms with E-state index in [4.69, 9.17) is 5.11 Å². The van der Waals surface area contributed by atoms with Crippen molar-refractivity contribution in [3.05, 3.63) is 0 Å². The Morgan fingerprint density at radius 3 is 2.43 bits per heavy atom. The average Bonchev–Trinajstić information content (AvgIpc) is 2.16. The van der Waals surface area contributed by atoms with Crippen molar-refractivity contribution in [3.63, 3.8) is 0 Å². The van der Waals surface area contributed by atoms with Crippen molar-refractivity contribution >= 4 is 10.2 Å². The van der Waals surface area contributed by atoms with Crippen molar-refractivity contribution < 1.29 is 13.5 Å². The molecule has 0 saturated carbocycles. The second-order valence-corrected chi connectivity index (χ2v) is 4.72. The molecule has 0 fully saturated rings. The quantitative estimate of drug-likeness (QED) is 0.606. The van der Waals surface area contributed by atoms with E-state index in [0.29, 0.717) is 26.1 Å². The third-order valence-electron chi connectivity index (χ3n) is 1.79. The highest BCUT2D eigenvalue weighted by Gasteiger charge is 2.18. The normalized spacial score (nSPS) is 12.3. The molecule has 0 aromatic carbocycles. The van der Waals surface area contributed by atoms with Crippen LogP contribution in [0.15, 0.2) is 0 Å². The minimum atomic E-state index is -3.33. The van der Waals surface area contributed by atoms with Crippen LogP contribution in [0.4, 0.5) is 0 Å². The lowest BCUT2D eigenvalue weighted by molar-refractivity contribution is 0.270. The van der Waals surface area contributed by atoms with Gasteiger partial charge in [-0.25, -0.2) is 4.72 Å². The summed E-state index contributed by atoms with van der Waals surface area (Å²) in [5.41, 5.74) is 0. The monoisotopic (exact) mass is 224 g/mol. The van der Waals surface area contributed by atoms with Crippen LogP contribution in [-0.4, -0.2) is 44.1 Å². The van der Waals surface area contributed by atoms with E-state index in [2.05, 4.69) is 4.72 Å². The zero-order chi connectivity index (χ0) is 11.0. The van der Waals surface area contributed by atoms with Crippen molar-refractivity contribution in [1.29, 1.82) is 0 Å². The third-order valence-corrected chi connectivity index (χ3v) is 3.48. The van der Waals surface area contributed by atoms with Gasteiger partial charge in [-0.1, -0.05) is 13.8 Å². The van der Waals surface area contributed by atoms with Gasteiger partial charge >= 0.3 is 0 Å². The fraction of sp³-hybridized carbons (Fsp3) is 1.00. The van der Waals surface area contributed by atoms with Crippen molar-refractivity contribution in [2.75, 3.05) is 26.2 Å². The molecule has 0 aliphatic rings. The number of aliphatic hydroxyl groups excluding tert-OH is 1. The maximum Gasteiger partial charge on any atom is 0.279 e. The summed E-state index contributed by atoms with van der Waals surface area (Å²) >= 11 is 0. The van der Waals surface area contributed by atoms with Gasteiger partial charge in [-0.05, 0) is 12.8 Å². The third kappa shape index (κ3) is 4.90. The van der Waals surface area contributed by atoms with E-state index in [1.807, 2.05) is 6.92 Å². The highest BCUT2D eigenvalue weighted by molar-refractivity contribution is 7.87. The maximum absolute atomic E-state index is 11.6. The Labute approximate surface area is 86.3 Å². The molecule has 0 aromatic heterocycles. The molecule has 0 bridgehead atoms. The summed E-state index contributed by atoms with van der Waals surface area (Å²) in [5, 5.41) is 8.61. The lowest BCUT2D eigenvalue weighted by Crippen LogP contribution is -2.41. The molecule has 14 heavy (non-hydrogen) atoms. The molecule has 0 atom stereocenters. The van der Waals surface area contributed by atoms with Crippen LogP contribution in [0.25, 0.3) is 0 Å². The van der Waals surface area contributed by atoms with Crippen molar-refractivity contribution in [2.45, 2.75) is 26.7 Å². The lowest BCUT2D eigenvalue weighted by atomic mass is 10.4. The van der Waals surface area contributed by atoms with Gasteiger partial charge in [-0.3, -0.25) is 0 Å². The van der Waals surface area contributed by atoms with E-state index in [-0.39, 0.29) is 6.61 Å². The van der Waals surface area contributed by atoms with Crippen LogP contribution < -0.4 is 4.72 Å². The van der Waals surface area contributed by atoms with E-state index < -0.39 is 10.2 Å². The van der Waals surface area contributed by atoms with Crippen LogP contribution in [0, 0.1) is 0 Å². The fourth-order valence-electron chi connectivity index (χ4n) is 1.02. The van der Waals surface area contributed by atoms with E-state index in [9.17, 15) is 8.42 Å². The standard InChI is InChI=1S/C8H20N2O3S/c1-3-6-9-14(12,13)10(4-2)7-5-8-11/h9,11H,3-8H2,1-2H3. The number of nitrogens with zero attached hydrogens (tertiary/aromatic N) is 1. The largest absolute Gasteiger partial charge is 0.396 e. The Hall–Kier alpha value is -0.170. The Kier molecular flexibility index (Phi) is 7.08. The molecule has 0 aromatic rings. The molecule has 0 rings (SSSR count). The molecule has 0 heterocycles. The first-order valence-electron chi connectivity index (χ1n) is 4.94. The molecule has 5 nitrogen and oxygen atoms in total. The van der Waals surface area contributed by atoms with Crippen molar-refractivity contribution in [1.82, 2.24) is 9.03 Å².